The van der Waals surface area contributed by atoms with Gasteiger partial charge in [0.15, 0.2) is 0 Å². The monoisotopic (exact) mass is 378 g/mol. The predicted molar refractivity (Wildman–Crippen MR) is 77.2 cm³/mol. The van der Waals surface area contributed by atoms with Crippen LogP contribution in [0.1, 0.15) is 19.4 Å². The molecule has 0 aliphatic heterocycles. The lowest BCUT2D eigenvalue weighted by molar-refractivity contribution is -0.385. The van der Waals surface area contributed by atoms with Gasteiger partial charge in [0, 0.05) is 16.1 Å². The number of nitrogens with zero attached hydrogens (tertiary/aromatic N) is 1. The third-order valence-electron chi connectivity index (χ3n) is 2.27. The maximum atomic E-state index is 11.8. The van der Waals surface area contributed by atoms with Crippen LogP contribution in [0.3, 0.4) is 0 Å². The Morgan fingerprint density at radius 2 is 2.00 bits per heavy atom. The molecule has 1 amide bonds. The highest BCUT2D eigenvalue weighted by Crippen LogP contribution is 2.31. The molecule has 1 rings (SSSR count). The number of alkyl halides is 1. The Bertz CT molecular complexity index is 510. The minimum Gasteiger partial charge on any atom is -0.324 e. The van der Waals surface area contributed by atoms with E-state index in [1.807, 2.05) is 0 Å². The Balaban J connectivity index is 3.14. The number of hydrogen-bond donors (Lipinski definition) is 1. The lowest BCUT2D eigenvalue weighted by Crippen LogP contribution is -2.31. The number of halogens is 2. The third-order valence-corrected chi connectivity index (χ3v) is 3.29. The van der Waals surface area contributed by atoms with E-state index < -0.39 is 9.25 Å². The second-order valence-electron chi connectivity index (χ2n) is 4.30. The van der Waals surface area contributed by atoms with Crippen molar-refractivity contribution in [2.24, 2.45) is 0 Å². The molecule has 0 atom stereocenters. The van der Waals surface area contributed by atoms with Crippen molar-refractivity contribution in [3.63, 3.8) is 0 Å². The van der Waals surface area contributed by atoms with Crippen LogP contribution in [0.5, 0.6) is 0 Å². The first kappa shape index (κ1) is 15.1. The Morgan fingerprint density at radius 3 is 2.44 bits per heavy atom. The topological polar surface area (TPSA) is 72.2 Å². The summed E-state index contributed by atoms with van der Waals surface area (Å²) in [6.07, 6.45) is 0. The van der Waals surface area contributed by atoms with Gasteiger partial charge in [-0.1, -0.05) is 15.9 Å². The highest BCUT2D eigenvalue weighted by atomic mass is 79.9. The Labute approximate surface area is 121 Å². The van der Waals surface area contributed by atoms with Crippen LogP contribution in [0.15, 0.2) is 16.6 Å². The maximum Gasteiger partial charge on any atom is 0.274 e. The second-order valence-corrected chi connectivity index (χ2v) is 7.14. The van der Waals surface area contributed by atoms with E-state index >= 15 is 0 Å². The molecule has 1 aromatic carbocycles. The fourth-order valence-corrected chi connectivity index (χ4v) is 1.88. The molecule has 0 saturated carbocycles. The summed E-state index contributed by atoms with van der Waals surface area (Å²) < 4.78 is -0.137. The van der Waals surface area contributed by atoms with Crippen LogP contribution in [-0.2, 0) is 4.79 Å². The highest BCUT2D eigenvalue weighted by Gasteiger charge is 2.25. The van der Waals surface area contributed by atoms with Crippen molar-refractivity contribution in [2.45, 2.75) is 25.1 Å². The van der Waals surface area contributed by atoms with Gasteiger partial charge < -0.3 is 5.32 Å². The van der Waals surface area contributed by atoms with Gasteiger partial charge >= 0.3 is 0 Å². The molecule has 0 spiro atoms. The zero-order chi connectivity index (χ0) is 14.1. The number of carbonyl (C=O) groups excluding carboxylic acids is 1. The SMILES string of the molecule is Cc1cc(Br)c(NC(=O)C(C)(C)Br)cc1[N+](=O)[O-]. The normalized spacial score (nSPS) is 11.2. The van der Waals surface area contributed by atoms with Gasteiger partial charge in [0.05, 0.1) is 14.9 Å². The van der Waals surface area contributed by atoms with Gasteiger partial charge in [-0.3, -0.25) is 14.9 Å². The van der Waals surface area contributed by atoms with Crippen molar-refractivity contribution in [1.29, 1.82) is 0 Å². The standard InChI is InChI=1S/C11H12Br2N2O3/c1-6-4-7(12)8(5-9(6)15(17)18)14-10(16)11(2,3)13/h4-5H,1-3H3,(H,14,16). The lowest BCUT2D eigenvalue weighted by atomic mass is 10.1. The van der Waals surface area contributed by atoms with Gasteiger partial charge in [-0.05, 0) is 42.8 Å². The fraction of sp³-hybridized carbons (Fsp3) is 0.364. The number of anilines is 1. The van der Waals surface area contributed by atoms with Crippen molar-refractivity contribution >= 4 is 49.1 Å². The number of hydrogen-bond acceptors (Lipinski definition) is 3. The fourth-order valence-electron chi connectivity index (χ4n) is 1.22. The van der Waals surface area contributed by atoms with Crippen molar-refractivity contribution in [2.75, 3.05) is 5.32 Å². The van der Waals surface area contributed by atoms with Gasteiger partial charge in [-0.2, -0.15) is 0 Å². The minimum absolute atomic E-state index is 0.0270. The first-order valence-electron chi connectivity index (χ1n) is 5.08. The molecule has 0 aliphatic rings. The van der Waals surface area contributed by atoms with Crippen molar-refractivity contribution in [3.8, 4) is 0 Å². The van der Waals surface area contributed by atoms with Crippen molar-refractivity contribution in [3.05, 3.63) is 32.3 Å². The Kier molecular flexibility index (Phi) is 4.50. The van der Waals surface area contributed by atoms with E-state index in [9.17, 15) is 14.9 Å². The average molecular weight is 380 g/mol. The minimum atomic E-state index is -0.744. The molecule has 1 N–H and O–H groups in total. The largest absolute Gasteiger partial charge is 0.324 e. The first-order valence-corrected chi connectivity index (χ1v) is 6.66. The number of rotatable bonds is 3. The molecular formula is C11H12Br2N2O3. The van der Waals surface area contributed by atoms with E-state index in [-0.39, 0.29) is 11.6 Å². The van der Waals surface area contributed by atoms with Crippen LogP contribution in [0.4, 0.5) is 11.4 Å². The van der Waals surface area contributed by atoms with E-state index in [1.54, 1.807) is 26.8 Å². The van der Waals surface area contributed by atoms with Gasteiger partial charge in [-0.15, -0.1) is 0 Å². The zero-order valence-electron chi connectivity index (χ0n) is 10.1. The summed E-state index contributed by atoms with van der Waals surface area (Å²) in [5, 5.41) is 13.5. The van der Waals surface area contributed by atoms with Crippen LogP contribution in [0.25, 0.3) is 0 Å². The maximum absolute atomic E-state index is 11.8. The van der Waals surface area contributed by atoms with Crippen LogP contribution < -0.4 is 5.32 Å². The molecule has 7 heteroatoms. The van der Waals surface area contributed by atoms with E-state index in [0.29, 0.717) is 15.7 Å². The summed E-state index contributed by atoms with van der Waals surface area (Å²) in [4.78, 5) is 22.2. The van der Waals surface area contributed by atoms with Gasteiger partial charge in [-0.25, -0.2) is 0 Å². The smallest absolute Gasteiger partial charge is 0.274 e. The number of aryl methyl sites for hydroxylation is 1. The second kappa shape index (κ2) is 5.36. The average Bonchev–Trinajstić information content (AvgIpc) is 2.19. The van der Waals surface area contributed by atoms with E-state index in [1.165, 1.54) is 6.07 Å². The zero-order valence-corrected chi connectivity index (χ0v) is 13.3. The molecule has 0 heterocycles. The van der Waals surface area contributed by atoms with Gasteiger partial charge in [0.1, 0.15) is 0 Å². The molecule has 5 nitrogen and oxygen atoms in total. The summed E-state index contributed by atoms with van der Waals surface area (Å²) in [7, 11) is 0. The molecule has 0 saturated heterocycles. The van der Waals surface area contributed by atoms with Crippen molar-refractivity contribution in [1.82, 2.24) is 0 Å². The summed E-state index contributed by atoms with van der Waals surface area (Å²) in [5.74, 6) is -0.277. The number of benzene rings is 1. The molecule has 1 aromatic rings. The molecule has 18 heavy (non-hydrogen) atoms. The van der Waals surface area contributed by atoms with E-state index in [4.69, 9.17) is 0 Å². The van der Waals surface area contributed by atoms with Crippen LogP contribution >= 0.6 is 31.9 Å². The summed E-state index contributed by atoms with van der Waals surface area (Å²) in [5.41, 5.74) is 0.883. The number of carbonyl (C=O) groups is 1. The molecule has 0 aliphatic carbocycles. The number of amides is 1. The summed E-state index contributed by atoms with van der Waals surface area (Å²) >= 11 is 6.50. The Morgan fingerprint density at radius 1 is 1.44 bits per heavy atom. The lowest BCUT2D eigenvalue weighted by Gasteiger charge is -2.16. The van der Waals surface area contributed by atoms with E-state index in [0.717, 1.165) is 0 Å². The van der Waals surface area contributed by atoms with Gasteiger partial charge in [0.2, 0.25) is 5.91 Å². The van der Waals surface area contributed by atoms with Crippen LogP contribution in [-0.4, -0.2) is 15.2 Å². The molecule has 0 fully saturated rings. The van der Waals surface area contributed by atoms with Gasteiger partial charge in [0.25, 0.3) is 5.69 Å². The quantitative estimate of drug-likeness (QED) is 0.493. The molecule has 98 valence electrons. The van der Waals surface area contributed by atoms with Crippen LogP contribution in [0, 0.1) is 17.0 Å². The number of nitrogens with one attached hydrogen (secondary N) is 1. The molecular weight excluding hydrogens is 368 g/mol. The highest BCUT2D eigenvalue weighted by molar-refractivity contribution is 9.10. The number of nitro benzene ring substituents is 1. The molecule has 0 bridgehead atoms. The predicted octanol–water partition coefficient (Wildman–Crippen LogP) is 3.78. The van der Waals surface area contributed by atoms with E-state index in [2.05, 4.69) is 37.2 Å². The molecule has 0 radical (unpaired) electrons. The Hall–Kier alpha value is -0.950. The summed E-state index contributed by atoms with van der Waals surface area (Å²) in [6, 6.07) is 2.95. The molecule has 0 unspecified atom stereocenters. The van der Waals surface area contributed by atoms with Crippen LogP contribution in [0.2, 0.25) is 0 Å². The molecule has 0 aromatic heterocycles. The third kappa shape index (κ3) is 3.52. The van der Waals surface area contributed by atoms with Crippen molar-refractivity contribution < 1.29 is 9.72 Å². The summed E-state index contributed by atoms with van der Waals surface area (Å²) in [6.45, 7) is 5.03. The first-order chi connectivity index (χ1) is 8.12. The number of nitro groups is 1.